The van der Waals surface area contributed by atoms with Crippen LogP contribution >= 0.6 is 0 Å². The monoisotopic (exact) mass is 292 g/mol. The molecule has 0 aliphatic carbocycles. The van der Waals surface area contributed by atoms with Gasteiger partial charge in [0.1, 0.15) is 12.0 Å². The lowest BCUT2D eigenvalue weighted by atomic mass is 10.4. The number of nitro groups is 1. The van der Waals surface area contributed by atoms with Gasteiger partial charge >= 0.3 is 5.69 Å². The Bertz CT molecular complexity index is 627. The summed E-state index contributed by atoms with van der Waals surface area (Å²) in [6.45, 7) is 4.67. The van der Waals surface area contributed by atoms with Gasteiger partial charge in [-0.1, -0.05) is 6.92 Å². The third-order valence-electron chi connectivity index (χ3n) is 2.58. The Hall–Kier alpha value is -2.71. The molecular formula is C12H16N6O3. The lowest BCUT2D eigenvalue weighted by molar-refractivity contribution is -0.384. The van der Waals surface area contributed by atoms with E-state index >= 15 is 0 Å². The number of nitrogens with one attached hydrogen (secondary N) is 2. The number of oxazole rings is 1. The molecular weight excluding hydrogens is 276 g/mol. The summed E-state index contributed by atoms with van der Waals surface area (Å²) in [6, 6.07) is 0. The first-order valence-corrected chi connectivity index (χ1v) is 6.50. The van der Waals surface area contributed by atoms with Crippen molar-refractivity contribution in [3.05, 3.63) is 34.2 Å². The molecule has 21 heavy (non-hydrogen) atoms. The van der Waals surface area contributed by atoms with Crippen LogP contribution in [0.3, 0.4) is 0 Å². The molecule has 9 nitrogen and oxygen atoms in total. The fraction of sp³-hybridized carbons (Fsp3) is 0.417. The van der Waals surface area contributed by atoms with Crippen LogP contribution in [0.25, 0.3) is 0 Å². The van der Waals surface area contributed by atoms with Crippen molar-refractivity contribution in [2.45, 2.75) is 26.8 Å². The first-order valence-electron chi connectivity index (χ1n) is 6.50. The number of aromatic nitrogens is 3. The molecule has 2 aromatic rings. The molecule has 0 bridgehead atoms. The molecule has 0 fully saturated rings. The maximum absolute atomic E-state index is 11.0. The van der Waals surface area contributed by atoms with E-state index in [4.69, 9.17) is 4.42 Å². The molecule has 2 aromatic heterocycles. The van der Waals surface area contributed by atoms with E-state index in [1.165, 1.54) is 6.20 Å². The van der Waals surface area contributed by atoms with E-state index in [1.807, 2.05) is 6.92 Å². The van der Waals surface area contributed by atoms with Crippen LogP contribution in [0.4, 0.5) is 17.5 Å². The van der Waals surface area contributed by atoms with Gasteiger partial charge in [0.15, 0.2) is 0 Å². The topological polar surface area (TPSA) is 119 Å². The smallest absolute Gasteiger partial charge is 0.329 e. The van der Waals surface area contributed by atoms with Crippen molar-refractivity contribution in [1.29, 1.82) is 0 Å². The van der Waals surface area contributed by atoms with Crippen molar-refractivity contribution in [2.75, 3.05) is 17.2 Å². The van der Waals surface area contributed by atoms with E-state index in [-0.39, 0.29) is 18.1 Å². The van der Waals surface area contributed by atoms with Crippen molar-refractivity contribution in [1.82, 2.24) is 15.0 Å². The van der Waals surface area contributed by atoms with Crippen LogP contribution in [-0.2, 0) is 6.54 Å². The van der Waals surface area contributed by atoms with Crippen LogP contribution in [0.2, 0.25) is 0 Å². The predicted octanol–water partition coefficient (Wildman–Crippen LogP) is 2.12. The zero-order valence-corrected chi connectivity index (χ0v) is 11.8. The molecule has 0 aromatic carbocycles. The molecule has 0 spiro atoms. The highest BCUT2D eigenvalue weighted by atomic mass is 16.6. The van der Waals surface area contributed by atoms with Gasteiger partial charge in [-0.2, -0.15) is 4.98 Å². The lowest BCUT2D eigenvalue weighted by Gasteiger charge is -2.07. The molecule has 0 saturated carbocycles. The zero-order valence-electron chi connectivity index (χ0n) is 11.8. The van der Waals surface area contributed by atoms with Crippen molar-refractivity contribution < 1.29 is 9.34 Å². The number of aryl methyl sites for hydroxylation is 1. The van der Waals surface area contributed by atoms with Gasteiger partial charge < -0.3 is 15.1 Å². The highest BCUT2D eigenvalue weighted by Crippen LogP contribution is 2.22. The molecule has 0 amide bonds. The Kier molecular flexibility index (Phi) is 4.64. The summed E-state index contributed by atoms with van der Waals surface area (Å²) in [4.78, 5) is 22.5. The standard InChI is InChI=1S/C12H16N6O3/c1-3-4-13-12-16-6-9(18(19)20)11(17-12)15-7-10-14-5-8(2)21-10/h5-6H,3-4,7H2,1-2H3,(H2,13,15,16,17). The number of rotatable bonds is 7. The molecule has 9 heteroatoms. The Labute approximate surface area is 121 Å². The second-order valence-corrected chi connectivity index (χ2v) is 4.33. The number of hydrogen-bond acceptors (Lipinski definition) is 8. The van der Waals surface area contributed by atoms with Crippen LogP contribution < -0.4 is 10.6 Å². The average molecular weight is 292 g/mol. The molecule has 112 valence electrons. The third kappa shape index (κ3) is 3.88. The van der Waals surface area contributed by atoms with Crippen LogP contribution in [0, 0.1) is 17.0 Å². The molecule has 2 heterocycles. The van der Waals surface area contributed by atoms with Gasteiger partial charge in [0, 0.05) is 6.54 Å². The zero-order chi connectivity index (χ0) is 15.2. The van der Waals surface area contributed by atoms with Crippen molar-refractivity contribution in [3.8, 4) is 0 Å². The van der Waals surface area contributed by atoms with Gasteiger partial charge in [-0.15, -0.1) is 0 Å². The molecule has 0 unspecified atom stereocenters. The molecule has 0 aliphatic rings. The van der Waals surface area contributed by atoms with Crippen molar-refractivity contribution in [3.63, 3.8) is 0 Å². The quantitative estimate of drug-likeness (QED) is 0.588. The average Bonchev–Trinajstić information content (AvgIpc) is 2.88. The fourth-order valence-corrected chi connectivity index (χ4v) is 1.60. The fourth-order valence-electron chi connectivity index (χ4n) is 1.60. The second kappa shape index (κ2) is 6.64. The van der Waals surface area contributed by atoms with E-state index in [1.54, 1.807) is 13.1 Å². The van der Waals surface area contributed by atoms with Gasteiger partial charge in [-0.25, -0.2) is 9.97 Å². The van der Waals surface area contributed by atoms with E-state index < -0.39 is 4.92 Å². The van der Waals surface area contributed by atoms with Crippen molar-refractivity contribution in [2.24, 2.45) is 0 Å². The summed E-state index contributed by atoms with van der Waals surface area (Å²) in [5, 5.41) is 16.8. The second-order valence-electron chi connectivity index (χ2n) is 4.33. The molecule has 0 radical (unpaired) electrons. The largest absolute Gasteiger partial charge is 0.444 e. The summed E-state index contributed by atoms with van der Waals surface area (Å²) in [5.74, 6) is 1.58. The van der Waals surface area contributed by atoms with Crippen LogP contribution in [0.5, 0.6) is 0 Å². The number of nitrogens with zero attached hydrogens (tertiary/aromatic N) is 4. The minimum atomic E-state index is -0.535. The van der Waals surface area contributed by atoms with Gasteiger partial charge in [0.25, 0.3) is 0 Å². The summed E-state index contributed by atoms with van der Waals surface area (Å²) >= 11 is 0. The number of anilines is 2. The van der Waals surface area contributed by atoms with Crippen LogP contribution in [0.15, 0.2) is 16.8 Å². The number of hydrogen-bond donors (Lipinski definition) is 2. The SMILES string of the molecule is CCCNc1ncc([N+](=O)[O-])c(NCc2ncc(C)o2)n1. The highest BCUT2D eigenvalue weighted by molar-refractivity contribution is 5.56. The summed E-state index contributed by atoms with van der Waals surface area (Å²) < 4.78 is 5.30. The molecule has 2 N–H and O–H groups in total. The van der Waals surface area contributed by atoms with Gasteiger partial charge in [0.05, 0.1) is 17.7 Å². The molecule has 0 aliphatic heterocycles. The maximum atomic E-state index is 11.0. The van der Waals surface area contributed by atoms with E-state index in [9.17, 15) is 10.1 Å². The summed E-state index contributed by atoms with van der Waals surface area (Å²) in [7, 11) is 0. The van der Waals surface area contributed by atoms with Gasteiger partial charge in [-0.3, -0.25) is 10.1 Å². The first-order chi connectivity index (χ1) is 10.1. The van der Waals surface area contributed by atoms with Gasteiger partial charge in [0.2, 0.25) is 17.7 Å². The Morgan fingerprint density at radius 2 is 2.14 bits per heavy atom. The Morgan fingerprint density at radius 1 is 1.33 bits per heavy atom. The summed E-state index contributed by atoms with van der Waals surface area (Å²) in [5.41, 5.74) is -0.194. The first kappa shape index (κ1) is 14.7. The third-order valence-corrected chi connectivity index (χ3v) is 2.58. The summed E-state index contributed by atoms with van der Waals surface area (Å²) in [6.07, 6.45) is 3.66. The molecule has 2 rings (SSSR count). The highest BCUT2D eigenvalue weighted by Gasteiger charge is 2.17. The van der Waals surface area contributed by atoms with E-state index in [0.29, 0.717) is 24.1 Å². The Balaban J connectivity index is 2.15. The lowest BCUT2D eigenvalue weighted by Crippen LogP contribution is -2.09. The Morgan fingerprint density at radius 3 is 2.76 bits per heavy atom. The minimum Gasteiger partial charge on any atom is -0.444 e. The van der Waals surface area contributed by atoms with Crippen molar-refractivity contribution >= 4 is 17.5 Å². The van der Waals surface area contributed by atoms with Gasteiger partial charge in [-0.05, 0) is 13.3 Å². The maximum Gasteiger partial charge on any atom is 0.329 e. The molecule has 0 saturated heterocycles. The van der Waals surface area contributed by atoms with Crippen LogP contribution in [-0.4, -0.2) is 26.4 Å². The van der Waals surface area contributed by atoms with E-state index in [0.717, 1.165) is 6.42 Å². The minimum absolute atomic E-state index is 0.129. The van der Waals surface area contributed by atoms with Crippen LogP contribution in [0.1, 0.15) is 25.0 Å². The predicted molar refractivity (Wildman–Crippen MR) is 76.0 cm³/mol. The normalized spacial score (nSPS) is 10.4. The van der Waals surface area contributed by atoms with E-state index in [2.05, 4.69) is 25.6 Å². The molecule has 0 atom stereocenters.